The van der Waals surface area contributed by atoms with Gasteiger partial charge in [-0.3, -0.25) is 0 Å². The van der Waals surface area contributed by atoms with E-state index in [9.17, 15) is 0 Å². The van der Waals surface area contributed by atoms with Crippen molar-refractivity contribution < 1.29 is 10.2 Å². The number of hydrogen-bond donors (Lipinski definition) is 2. The highest BCUT2D eigenvalue weighted by molar-refractivity contribution is 4.50. The molecule has 0 radical (unpaired) electrons. The summed E-state index contributed by atoms with van der Waals surface area (Å²) in [7, 11) is 0. The van der Waals surface area contributed by atoms with Crippen molar-refractivity contribution in [2.24, 2.45) is 0 Å². The van der Waals surface area contributed by atoms with Crippen molar-refractivity contribution in [3.05, 3.63) is 0 Å². The topological polar surface area (TPSA) is 40.5 Å². The molecule has 1 rings (SSSR count). The molecule has 1 aliphatic carbocycles. The van der Waals surface area contributed by atoms with Crippen molar-refractivity contribution >= 4 is 0 Å². The van der Waals surface area contributed by atoms with Crippen LogP contribution in [-0.2, 0) is 0 Å². The Balaban J connectivity index is 0.000000135. The zero-order valence-corrected chi connectivity index (χ0v) is 5.14. The second kappa shape index (κ2) is 6.92. The van der Waals surface area contributed by atoms with E-state index >= 15 is 0 Å². The molecule has 50 valence electrons. The van der Waals surface area contributed by atoms with Gasteiger partial charge in [-0.1, -0.05) is 19.3 Å². The number of hydrogen-bond acceptors (Lipinski definition) is 2. The third-order valence-electron chi connectivity index (χ3n) is 0.670. The van der Waals surface area contributed by atoms with Crippen LogP contribution in [0.1, 0.15) is 25.7 Å². The van der Waals surface area contributed by atoms with Crippen LogP contribution < -0.4 is 0 Å². The summed E-state index contributed by atoms with van der Waals surface area (Å²) >= 11 is 0. The summed E-state index contributed by atoms with van der Waals surface area (Å²) < 4.78 is 0. The summed E-state index contributed by atoms with van der Waals surface area (Å²) in [6.45, 7) is 0.188. The molecule has 8 heavy (non-hydrogen) atoms. The van der Waals surface area contributed by atoms with Crippen LogP contribution in [0.15, 0.2) is 0 Å². The van der Waals surface area contributed by atoms with Gasteiger partial charge in [-0.2, -0.15) is 0 Å². The van der Waals surface area contributed by atoms with Gasteiger partial charge in [0.15, 0.2) is 0 Å². The van der Waals surface area contributed by atoms with Gasteiger partial charge in [0.1, 0.15) is 0 Å². The van der Waals surface area contributed by atoms with Crippen LogP contribution in [0.4, 0.5) is 0 Å². The Morgan fingerprint density at radius 2 is 1.25 bits per heavy atom. The van der Waals surface area contributed by atoms with Gasteiger partial charge in [0, 0.05) is 13.2 Å². The Labute approximate surface area is 50.2 Å². The highest BCUT2D eigenvalue weighted by Crippen LogP contribution is 2.14. The lowest BCUT2D eigenvalue weighted by Crippen LogP contribution is -1.85. The predicted molar refractivity (Wildman–Crippen MR) is 32.6 cm³/mol. The molecule has 0 spiro atoms. The molecule has 0 saturated heterocycles. The Kier molecular flexibility index (Phi) is 6.85. The highest BCUT2D eigenvalue weighted by Gasteiger charge is 1.95. The van der Waals surface area contributed by atoms with Crippen LogP contribution in [0.25, 0.3) is 0 Å². The molecule has 0 atom stereocenters. The molecule has 0 aromatic carbocycles. The Morgan fingerprint density at radius 1 is 0.875 bits per heavy atom. The average Bonchev–Trinajstić information content (AvgIpc) is 2.50. The molecule has 0 bridgehead atoms. The van der Waals surface area contributed by atoms with Crippen LogP contribution >= 0.6 is 0 Å². The van der Waals surface area contributed by atoms with Crippen molar-refractivity contribution in [3.63, 3.8) is 0 Å². The van der Waals surface area contributed by atoms with E-state index in [0.717, 1.165) is 0 Å². The first-order valence-corrected chi connectivity index (χ1v) is 3.13. The smallest absolute Gasteiger partial charge is 0.0452 e. The summed E-state index contributed by atoms with van der Waals surface area (Å²) in [5.74, 6) is 0. The standard InChI is InChI=1S/C3H8O2.C3H6/c4-2-1-3-5;1-2-3-1/h4-5H,1-3H2;1-3H2. The normalized spacial score (nSPS) is 14.2. The van der Waals surface area contributed by atoms with Gasteiger partial charge in [-0.15, -0.1) is 0 Å². The second-order valence-corrected chi connectivity index (χ2v) is 1.86. The lowest BCUT2D eigenvalue weighted by atomic mass is 10.5. The van der Waals surface area contributed by atoms with Gasteiger partial charge in [0.05, 0.1) is 0 Å². The van der Waals surface area contributed by atoms with Gasteiger partial charge in [-0.25, -0.2) is 0 Å². The average molecular weight is 118 g/mol. The number of aliphatic hydroxyl groups excluding tert-OH is 2. The summed E-state index contributed by atoms with van der Waals surface area (Å²) in [6.07, 6.45) is 5.00. The fourth-order valence-electron chi connectivity index (χ4n) is 0.0707. The minimum absolute atomic E-state index is 0.0938. The first-order chi connectivity index (χ1) is 3.91. The molecule has 1 aliphatic rings. The zero-order valence-electron chi connectivity index (χ0n) is 5.14. The molecule has 0 aromatic heterocycles. The van der Waals surface area contributed by atoms with E-state index in [1.54, 1.807) is 0 Å². The molecular weight excluding hydrogens is 104 g/mol. The van der Waals surface area contributed by atoms with E-state index in [1.165, 1.54) is 19.3 Å². The monoisotopic (exact) mass is 118 g/mol. The van der Waals surface area contributed by atoms with Crippen molar-refractivity contribution in [1.29, 1.82) is 0 Å². The molecule has 0 aliphatic heterocycles. The largest absolute Gasteiger partial charge is 0.396 e. The molecule has 0 heterocycles. The quantitative estimate of drug-likeness (QED) is 0.555. The maximum atomic E-state index is 7.91. The Bertz CT molecular complexity index is 30.8. The van der Waals surface area contributed by atoms with Gasteiger partial charge in [0.25, 0.3) is 0 Å². The van der Waals surface area contributed by atoms with Crippen molar-refractivity contribution in [2.75, 3.05) is 13.2 Å². The van der Waals surface area contributed by atoms with Crippen molar-refractivity contribution in [2.45, 2.75) is 25.7 Å². The van der Waals surface area contributed by atoms with Crippen LogP contribution in [-0.4, -0.2) is 23.4 Å². The van der Waals surface area contributed by atoms with Gasteiger partial charge < -0.3 is 10.2 Å². The summed E-state index contributed by atoms with van der Waals surface area (Å²) in [4.78, 5) is 0. The Morgan fingerprint density at radius 3 is 1.25 bits per heavy atom. The molecule has 0 unspecified atom stereocenters. The van der Waals surface area contributed by atoms with E-state index in [-0.39, 0.29) is 13.2 Å². The predicted octanol–water partition coefficient (Wildman–Crippen LogP) is 0.531. The molecule has 0 amide bonds. The maximum absolute atomic E-state index is 7.91. The molecule has 1 saturated carbocycles. The van der Waals surface area contributed by atoms with Crippen LogP contribution in [0.5, 0.6) is 0 Å². The molecule has 2 N–H and O–H groups in total. The number of rotatable bonds is 2. The van der Waals surface area contributed by atoms with E-state index in [0.29, 0.717) is 6.42 Å². The van der Waals surface area contributed by atoms with Gasteiger partial charge in [-0.05, 0) is 6.42 Å². The molecule has 2 nitrogen and oxygen atoms in total. The molecule has 1 fully saturated rings. The van der Waals surface area contributed by atoms with Crippen LogP contribution in [0, 0.1) is 0 Å². The van der Waals surface area contributed by atoms with Crippen molar-refractivity contribution in [3.8, 4) is 0 Å². The van der Waals surface area contributed by atoms with Crippen molar-refractivity contribution in [1.82, 2.24) is 0 Å². The fraction of sp³-hybridized carbons (Fsp3) is 1.00. The SMILES string of the molecule is C1CC1.OCCCO. The summed E-state index contributed by atoms with van der Waals surface area (Å²) in [6, 6.07) is 0. The first-order valence-electron chi connectivity index (χ1n) is 3.13. The third kappa shape index (κ3) is 16.8. The van der Waals surface area contributed by atoms with Crippen LogP contribution in [0.2, 0.25) is 0 Å². The minimum Gasteiger partial charge on any atom is -0.396 e. The maximum Gasteiger partial charge on any atom is 0.0452 e. The molecule has 2 heteroatoms. The number of aliphatic hydroxyl groups is 2. The lowest BCUT2D eigenvalue weighted by molar-refractivity contribution is 0.221. The zero-order chi connectivity index (χ0) is 6.24. The Hall–Kier alpha value is -0.0800. The molecular formula is C6H14O2. The summed E-state index contributed by atoms with van der Waals surface area (Å²) in [5.41, 5.74) is 0. The molecule has 0 aromatic rings. The highest BCUT2D eigenvalue weighted by atomic mass is 16.3. The lowest BCUT2D eigenvalue weighted by Gasteiger charge is -1.79. The van der Waals surface area contributed by atoms with E-state index in [4.69, 9.17) is 10.2 Å². The van der Waals surface area contributed by atoms with E-state index in [1.807, 2.05) is 0 Å². The van der Waals surface area contributed by atoms with Crippen LogP contribution in [0.3, 0.4) is 0 Å². The second-order valence-electron chi connectivity index (χ2n) is 1.86. The van der Waals surface area contributed by atoms with Gasteiger partial charge >= 0.3 is 0 Å². The van der Waals surface area contributed by atoms with Gasteiger partial charge in [0.2, 0.25) is 0 Å². The fourth-order valence-corrected chi connectivity index (χ4v) is 0.0707. The van der Waals surface area contributed by atoms with E-state index < -0.39 is 0 Å². The third-order valence-corrected chi connectivity index (χ3v) is 0.670. The first kappa shape index (κ1) is 7.92. The van der Waals surface area contributed by atoms with E-state index in [2.05, 4.69) is 0 Å². The minimum atomic E-state index is 0.0938. The summed E-state index contributed by atoms with van der Waals surface area (Å²) in [5, 5.41) is 15.8.